The van der Waals surface area contributed by atoms with E-state index in [-0.39, 0.29) is 0 Å². The summed E-state index contributed by atoms with van der Waals surface area (Å²) in [4.78, 5) is 0. The van der Waals surface area contributed by atoms with Crippen molar-refractivity contribution in [3.05, 3.63) is 0 Å². The molecule has 48 valence electrons. The van der Waals surface area contributed by atoms with E-state index in [1.807, 2.05) is 11.8 Å². The van der Waals surface area contributed by atoms with Gasteiger partial charge in [0.05, 0.1) is 6.61 Å². The van der Waals surface area contributed by atoms with Crippen LogP contribution in [0.3, 0.4) is 0 Å². The van der Waals surface area contributed by atoms with Crippen LogP contribution >= 0.6 is 11.8 Å². The van der Waals surface area contributed by atoms with Gasteiger partial charge in [-0.1, -0.05) is 6.42 Å². The number of rotatable bonds is 1. The second-order valence-corrected chi connectivity index (χ2v) is 3.58. The maximum Gasteiger partial charge on any atom is 0.0550 e. The molecule has 0 aliphatic carbocycles. The molecular formula is C6H12OS. The lowest BCUT2D eigenvalue weighted by Crippen LogP contribution is -2.12. The third kappa shape index (κ3) is 1.67. The highest BCUT2D eigenvalue weighted by molar-refractivity contribution is 7.99. The molecule has 1 aliphatic heterocycles. The molecule has 1 nitrogen and oxygen atoms in total. The Labute approximate surface area is 54.5 Å². The Morgan fingerprint density at radius 3 is 2.75 bits per heavy atom. The first-order chi connectivity index (χ1) is 3.93. The minimum atomic E-state index is 0.380. The quantitative estimate of drug-likeness (QED) is 0.579. The Morgan fingerprint density at radius 2 is 2.38 bits per heavy atom. The van der Waals surface area contributed by atoms with Gasteiger partial charge in [0, 0.05) is 5.25 Å². The second-order valence-electron chi connectivity index (χ2n) is 2.17. The van der Waals surface area contributed by atoms with E-state index in [0.29, 0.717) is 11.9 Å². The predicted octanol–water partition coefficient (Wildman–Crippen LogP) is 1.26. The molecule has 0 amide bonds. The van der Waals surface area contributed by atoms with Gasteiger partial charge in [-0.15, -0.1) is 0 Å². The largest absolute Gasteiger partial charge is 0.395 e. The van der Waals surface area contributed by atoms with E-state index in [0.717, 1.165) is 0 Å². The van der Waals surface area contributed by atoms with Crippen molar-refractivity contribution in [1.29, 1.82) is 0 Å². The predicted molar refractivity (Wildman–Crippen MR) is 37.2 cm³/mol. The molecule has 0 radical (unpaired) electrons. The van der Waals surface area contributed by atoms with Crippen LogP contribution in [0.4, 0.5) is 0 Å². The first kappa shape index (κ1) is 6.43. The molecular weight excluding hydrogens is 120 g/mol. The summed E-state index contributed by atoms with van der Waals surface area (Å²) in [6, 6.07) is 0. The van der Waals surface area contributed by atoms with Crippen LogP contribution in [0, 0.1) is 0 Å². The molecule has 1 saturated heterocycles. The highest BCUT2D eigenvalue weighted by Crippen LogP contribution is 2.23. The van der Waals surface area contributed by atoms with Crippen LogP contribution in [-0.2, 0) is 0 Å². The standard InChI is InChI=1S/C6H12OS/c7-5-6-3-1-2-4-8-6/h6-7H,1-5H2. The maximum absolute atomic E-state index is 8.67. The van der Waals surface area contributed by atoms with Gasteiger partial charge in [-0.25, -0.2) is 0 Å². The van der Waals surface area contributed by atoms with Crippen molar-refractivity contribution in [3.8, 4) is 0 Å². The zero-order valence-corrected chi connectivity index (χ0v) is 5.78. The van der Waals surface area contributed by atoms with E-state index < -0.39 is 0 Å². The first-order valence-electron chi connectivity index (χ1n) is 3.16. The summed E-state index contributed by atoms with van der Waals surface area (Å²) < 4.78 is 0. The zero-order chi connectivity index (χ0) is 5.82. The number of aliphatic hydroxyl groups is 1. The third-order valence-corrected chi connectivity index (χ3v) is 2.86. The fourth-order valence-electron chi connectivity index (χ4n) is 0.951. The van der Waals surface area contributed by atoms with Crippen LogP contribution in [-0.4, -0.2) is 22.7 Å². The van der Waals surface area contributed by atoms with E-state index in [4.69, 9.17) is 5.11 Å². The summed E-state index contributed by atoms with van der Waals surface area (Å²) in [5.74, 6) is 1.26. The summed E-state index contributed by atoms with van der Waals surface area (Å²) in [5.41, 5.74) is 0. The van der Waals surface area contributed by atoms with E-state index >= 15 is 0 Å². The minimum absolute atomic E-state index is 0.380. The summed E-state index contributed by atoms with van der Waals surface area (Å²) in [6.07, 6.45) is 3.89. The Kier molecular flexibility index (Phi) is 2.70. The molecule has 0 aromatic heterocycles. The van der Waals surface area contributed by atoms with Crippen molar-refractivity contribution in [2.45, 2.75) is 24.5 Å². The van der Waals surface area contributed by atoms with Crippen LogP contribution in [0.25, 0.3) is 0 Å². The van der Waals surface area contributed by atoms with Crippen molar-refractivity contribution in [2.75, 3.05) is 12.4 Å². The van der Waals surface area contributed by atoms with Gasteiger partial charge < -0.3 is 5.11 Å². The van der Waals surface area contributed by atoms with Crippen molar-refractivity contribution in [2.24, 2.45) is 0 Å². The lowest BCUT2D eigenvalue weighted by atomic mass is 10.2. The second kappa shape index (κ2) is 3.36. The van der Waals surface area contributed by atoms with Crippen LogP contribution < -0.4 is 0 Å². The van der Waals surface area contributed by atoms with Gasteiger partial charge in [0.15, 0.2) is 0 Å². The minimum Gasteiger partial charge on any atom is -0.395 e. The molecule has 1 rings (SSSR count). The molecule has 1 unspecified atom stereocenters. The van der Waals surface area contributed by atoms with E-state index in [1.54, 1.807) is 0 Å². The molecule has 1 heterocycles. The molecule has 0 saturated carbocycles. The van der Waals surface area contributed by atoms with E-state index in [9.17, 15) is 0 Å². The Morgan fingerprint density at radius 1 is 1.50 bits per heavy atom. The third-order valence-electron chi connectivity index (χ3n) is 1.48. The highest BCUT2D eigenvalue weighted by atomic mass is 32.2. The van der Waals surface area contributed by atoms with Gasteiger partial charge in [-0.05, 0) is 18.6 Å². The van der Waals surface area contributed by atoms with Crippen molar-refractivity contribution in [3.63, 3.8) is 0 Å². The number of hydrogen-bond acceptors (Lipinski definition) is 2. The van der Waals surface area contributed by atoms with Gasteiger partial charge in [-0.3, -0.25) is 0 Å². The van der Waals surface area contributed by atoms with Gasteiger partial charge >= 0.3 is 0 Å². The molecule has 0 spiro atoms. The van der Waals surface area contributed by atoms with Crippen LogP contribution in [0.15, 0.2) is 0 Å². The lowest BCUT2D eigenvalue weighted by Gasteiger charge is -2.17. The summed E-state index contributed by atoms with van der Waals surface area (Å²) in [6.45, 7) is 0.380. The van der Waals surface area contributed by atoms with E-state index in [1.165, 1.54) is 25.0 Å². The van der Waals surface area contributed by atoms with E-state index in [2.05, 4.69) is 0 Å². The number of hydrogen-bond donors (Lipinski definition) is 1. The van der Waals surface area contributed by atoms with Crippen molar-refractivity contribution >= 4 is 11.8 Å². The number of aliphatic hydroxyl groups excluding tert-OH is 1. The van der Waals surface area contributed by atoms with Gasteiger partial charge in [0.1, 0.15) is 0 Å². The van der Waals surface area contributed by atoms with Crippen molar-refractivity contribution in [1.82, 2.24) is 0 Å². The Balaban J connectivity index is 2.13. The number of thioether (sulfide) groups is 1. The smallest absolute Gasteiger partial charge is 0.0550 e. The average molecular weight is 132 g/mol. The molecule has 0 bridgehead atoms. The van der Waals surface area contributed by atoms with Crippen LogP contribution in [0.5, 0.6) is 0 Å². The molecule has 1 aliphatic rings. The monoisotopic (exact) mass is 132 g/mol. The first-order valence-corrected chi connectivity index (χ1v) is 4.21. The highest BCUT2D eigenvalue weighted by Gasteiger charge is 2.11. The molecule has 0 aromatic rings. The topological polar surface area (TPSA) is 20.2 Å². The summed E-state index contributed by atoms with van der Waals surface area (Å²) >= 11 is 1.91. The Hall–Kier alpha value is 0.310. The average Bonchev–Trinajstić information content (AvgIpc) is 1.90. The van der Waals surface area contributed by atoms with Crippen LogP contribution in [0.2, 0.25) is 0 Å². The SMILES string of the molecule is OCC1CCCCS1. The Bertz CT molecular complexity index is 59.5. The molecule has 1 atom stereocenters. The normalized spacial score (nSPS) is 30.4. The molecule has 1 fully saturated rings. The van der Waals surface area contributed by atoms with Crippen LogP contribution in [0.1, 0.15) is 19.3 Å². The molecule has 8 heavy (non-hydrogen) atoms. The summed E-state index contributed by atoms with van der Waals surface area (Å²) in [5, 5.41) is 9.23. The zero-order valence-electron chi connectivity index (χ0n) is 4.97. The summed E-state index contributed by atoms with van der Waals surface area (Å²) in [7, 11) is 0. The van der Waals surface area contributed by atoms with Gasteiger partial charge in [0.25, 0.3) is 0 Å². The van der Waals surface area contributed by atoms with Crippen molar-refractivity contribution < 1.29 is 5.11 Å². The fourth-order valence-corrected chi connectivity index (χ4v) is 2.09. The molecule has 2 heteroatoms. The molecule has 0 aromatic carbocycles. The fraction of sp³-hybridized carbons (Fsp3) is 1.00. The van der Waals surface area contributed by atoms with Gasteiger partial charge in [0.2, 0.25) is 0 Å². The molecule has 1 N–H and O–H groups in total. The maximum atomic E-state index is 8.67. The van der Waals surface area contributed by atoms with Gasteiger partial charge in [-0.2, -0.15) is 11.8 Å². The lowest BCUT2D eigenvalue weighted by molar-refractivity contribution is 0.287.